The van der Waals surface area contributed by atoms with E-state index >= 15 is 0 Å². The molecule has 0 bridgehead atoms. The lowest BCUT2D eigenvalue weighted by atomic mass is 9.74. The molecular formula is C26H32S. The fraction of sp³-hybridized carbons (Fsp3) is 0.308. The van der Waals surface area contributed by atoms with Crippen LogP contribution in [0.25, 0.3) is 22.3 Å². The Labute approximate surface area is 172 Å². The molecule has 0 saturated carbocycles. The van der Waals surface area contributed by atoms with Gasteiger partial charge in [0.1, 0.15) is 0 Å². The topological polar surface area (TPSA) is 0 Å². The second-order valence-corrected chi connectivity index (χ2v) is 9.17. The molecule has 27 heavy (non-hydrogen) atoms. The lowest BCUT2D eigenvalue weighted by Crippen LogP contribution is -2.22. The van der Waals surface area contributed by atoms with Crippen molar-refractivity contribution in [2.75, 3.05) is 0 Å². The van der Waals surface area contributed by atoms with Crippen molar-refractivity contribution >= 4 is 13.5 Å². The van der Waals surface area contributed by atoms with Gasteiger partial charge in [0.25, 0.3) is 0 Å². The molecule has 3 aromatic carbocycles. The first-order valence-electron chi connectivity index (χ1n) is 9.48. The molecule has 0 atom stereocenters. The van der Waals surface area contributed by atoms with Gasteiger partial charge in [-0.05, 0) is 44.2 Å². The fourth-order valence-electron chi connectivity index (χ4n) is 3.59. The molecule has 0 amide bonds. The molecule has 3 aromatic rings. The molecule has 0 unspecified atom stereocenters. The minimum absolute atomic E-state index is 0. The molecule has 142 valence electrons. The zero-order chi connectivity index (χ0) is 18.9. The first-order chi connectivity index (χ1) is 12.2. The molecule has 0 aromatic heterocycles. The quantitative estimate of drug-likeness (QED) is 0.429. The first-order valence-corrected chi connectivity index (χ1v) is 9.48. The van der Waals surface area contributed by atoms with Crippen LogP contribution in [0.2, 0.25) is 0 Å². The van der Waals surface area contributed by atoms with E-state index in [1.165, 1.54) is 33.4 Å². The van der Waals surface area contributed by atoms with Crippen LogP contribution >= 0.6 is 13.5 Å². The van der Waals surface area contributed by atoms with Crippen molar-refractivity contribution in [1.29, 1.82) is 0 Å². The highest BCUT2D eigenvalue weighted by Gasteiger charge is 2.25. The van der Waals surface area contributed by atoms with Crippen LogP contribution in [-0.4, -0.2) is 0 Å². The van der Waals surface area contributed by atoms with Crippen LogP contribution in [-0.2, 0) is 10.8 Å². The average molecular weight is 377 g/mol. The van der Waals surface area contributed by atoms with Crippen molar-refractivity contribution in [2.24, 2.45) is 0 Å². The SMILES string of the molecule is CC(C)(C)c1ccc(-c2ccccc2-c2ccccc2)cc1C(C)(C)C.S. The van der Waals surface area contributed by atoms with Crippen LogP contribution in [0.5, 0.6) is 0 Å². The normalized spacial score (nSPS) is 11.8. The molecule has 0 saturated heterocycles. The van der Waals surface area contributed by atoms with Crippen LogP contribution in [0.3, 0.4) is 0 Å². The van der Waals surface area contributed by atoms with Crippen molar-refractivity contribution in [3.8, 4) is 22.3 Å². The van der Waals surface area contributed by atoms with Crippen molar-refractivity contribution in [3.05, 3.63) is 83.9 Å². The molecule has 0 N–H and O–H groups in total. The molecule has 0 aliphatic rings. The molecule has 0 aliphatic carbocycles. The van der Waals surface area contributed by atoms with Crippen LogP contribution < -0.4 is 0 Å². The average Bonchev–Trinajstić information content (AvgIpc) is 2.60. The van der Waals surface area contributed by atoms with Crippen LogP contribution in [0.1, 0.15) is 52.7 Å². The van der Waals surface area contributed by atoms with Crippen molar-refractivity contribution in [2.45, 2.75) is 52.4 Å². The van der Waals surface area contributed by atoms with Gasteiger partial charge in [-0.1, -0.05) is 114 Å². The Morgan fingerprint density at radius 1 is 0.481 bits per heavy atom. The van der Waals surface area contributed by atoms with Gasteiger partial charge in [0.15, 0.2) is 0 Å². The summed E-state index contributed by atoms with van der Waals surface area (Å²) in [5, 5.41) is 0. The second kappa shape index (κ2) is 7.94. The van der Waals surface area contributed by atoms with E-state index in [-0.39, 0.29) is 24.3 Å². The Hall–Kier alpha value is -1.99. The fourth-order valence-corrected chi connectivity index (χ4v) is 3.59. The van der Waals surface area contributed by atoms with Crippen LogP contribution in [0, 0.1) is 0 Å². The van der Waals surface area contributed by atoms with Crippen molar-refractivity contribution < 1.29 is 0 Å². The number of hydrogen-bond donors (Lipinski definition) is 0. The Morgan fingerprint density at radius 2 is 0.963 bits per heavy atom. The summed E-state index contributed by atoms with van der Waals surface area (Å²) in [5.41, 5.74) is 8.26. The first kappa shape index (κ1) is 21.3. The van der Waals surface area contributed by atoms with Gasteiger partial charge in [-0.2, -0.15) is 13.5 Å². The van der Waals surface area contributed by atoms with Gasteiger partial charge < -0.3 is 0 Å². The summed E-state index contributed by atoms with van der Waals surface area (Å²) in [5.74, 6) is 0. The van der Waals surface area contributed by atoms with E-state index in [1.54, 1.807) is 0 Å². The third-order valence-corrected chi connectivity index (χ3v) is 4.96. The summed E-state index contributed by atoms with van der Waals surface area (Å²) in [7, 11) is 0. The van der Waals surface area contributed by atoms with E-state index in [0.29, 0.717) is 0 Å². The highest BCUT2D eigenvalue weighted by molar-refractivity contribution is 7.59. The van der Waals surface area contributed by atoms with E-state index < -0.39 is 0 Å². The molecule has 0 radical (unpaired) electrons. The zero-order valence-corrected chi connectivity index (χ0v) is 18.4. The van der Waals surface area contributed by atoms with Crippen LogP contribution in [0.15, 0.2) is 72.8 Å². The summed E-state index contributed by atoms with van der Waals surface area (Å²) in [6.45, 7) is 13.8. The Morgan fingerprint density at radius 3 is 1.48 bits per heavy atom. The van der Waals surface area contributed by atoms with Gasteiger partial charge in [0, 0.05) is 0 Å². The summed E-state index contributed by atoms with van der Waals surface area (Å²) in [4.78, 5) is 0. The third-order valence-electron chi connectivity index (χ3n) is 4.96. The number of hydrogen-bond acceptors (Lipinski definition) is 0. The predicted octanol–water partition coefficient (Wildman–Crippen LogP) is 7.73. The van der Waals surface area contributed by atoms with Crippen LogP contribution in [0.4, 0.5) is 0 Å². The summed E-state index contributed by atoms with van der Waals surface area (Å²) in [6, 6.07) is 26.4. The Bertz CT molecular complexity index is 893. The van der Waals surface area contributed by atoms with E-state index in [4.69, 9.17) is 0 Å². The van der Waals surface area contributed by atoms with Gasteiger partial charge >= 0.3 is 0 Å². The highest BCUT2D eigenvalue weighted by atomic mass is 32.1. The number of rotatable bonds is 2. The molecule has 0 spiro atoms. The second-order valence-electron chi connectivity index (χ2n) is 9.17. The standard InChI is InChI=1S/C26H30.H2S/c1-25(2,3)23-17-16-20(18-24(23)26(4,5)6)22-15-11-10-14-21(22)19-12-8-7-9-13-19;/h7-18H,1-6H3;1H2. The predicted molar refractivity (Wildman–Crippen MR) is 125 cm³/mol. The lowest BCUT2D eigenvalue weighted by molar-refractivity contribution is 0.530. The van der Waals surface area contributed by atoms with E-state index in [0.717, 1.165) is 0 Å². The molecule has 0 fully saturated rings. The van der Waals surface area contributed by atoms with E-state index in [1.807, 2.05) is 0 Å². The van der Waals surface area contributed by atoms with Gasteiger partial charge in [-0.25, -0.2) is 0 Å². The summed E-state index contributed by atoms with van der Waals surface area (Å²) >= 11 is 0. The maximum Gasteiger partial charge on any atom is -0.0105 e. The smallest absolute Gasteiger partial charge is 0.0105 e. The maximum atomic E-state index is 2.41. The molecular weight excluding hydrogens is 344 g/mol. The summed E-state index contributed by atoms with van der Waals surface area (Å²) in [6.07, 6.45) is 0. The highest BCUT2D eigenvalue weighted by Crippen LogP contribution is 2.39. The van der Waals surface area contributed by atoms with E-state index in [2.05, 4.69) is 114 Å². The third kappa shape index (κ3) is 4.65. The molecule has 0 nitrogen and oxygen atoms in total. The zero-order valence-electron chi connectivity index (χ0n) is 17.4. The Kier molecular flexibility index (Phi) is 6.27. The molecule has 0 heterocycles. The summed E-state index contributed by atoms with van der Waals surface area (Å²) < 4.78 is 0. The Balaban J connectivity index is 0.00000261. The minimum Gasteiger partial charge on any atom is -0.197 e. The van der Waals surface area contributed by atoms with Gasteiger partial charge in [-0.3, -0.25) is 0 Å². The minimum atomic E-state index is 0. The largest absolute Gasteiger partial charge is 0.197 e. The van der Waals surface area contributed by atoms with E-state index in [9.17, 15) is 0 Å². The van der Waals surface area contributed by atoms with Gasteiger partial charge in [-0.15, -0.1) is 0 Å². The number of benzene rings is 3. The van der Waals surface area contributed by atoms with Crippen molar-refractivity contribution in [1.82, 2.24) is 0 Å². The van der Waals surface area contributed by atoms with Crippen molar-refractivity contribution in [3.63, 3.8) is 0 Å². The molecule has 0 aliphatic heterocycles. The lowest BCUT2D eigenvalue weighted by Gasteiger charge is -2.31. The van der Waals surface area contributed by atoms with Gasteiger partial charge in [0.05, 0.1) is 0 Å². The molecule has 3 rings (SSSR count). The molecule has 1 heteroatoms. The maximum absolute atomic E-state index is 2.41. The van der Waals surface area contributed by atoms with Gasteiger partial charge in [0.2, 0.25) is 0 Å². The monoisotopic (exact) mass is 376 g/mol.